The fourth-order valence-electron chi connectivity index (χ4n) is 4.53. The topological polar surface area (TPSA) is 63.5 Å². The van der Waals surface area contributed by atoms with E-state index in [1.165, 1.54) is 24.6 Å². The van der Waals surface area contributed by atoms with Crippen LogP contribution in [0.25, 0.3) is 0 Å². The zero-order chi connectivity index (χ0) is 23.2. The van der Waals surface area contributed by atoms with Crippen molar-refractivity contribution in [3.05, 3.63) is 35.9 Å². The van der Waals surface area contributed by atoms with Crippen LogP contribution in [0.3, 0.4) is 0 Å². The summed E-state index contributed by atoms with van der Waals surface area (Å²) < 4.78 is 8.12. The molecule has 1 aromatic heterocycles. The zero-order valence-corrected chi connectivity index (χ0v) is 21.0. The normalized spacial score (nSPS) is 19.4. The predicted octanol–water partition coefficient (Wildman–Crippen LogP) is 4.22. The molecule has 0 bridgehead atoms. The van der Waals surface area contributed by atoms with E-state index in [2.05, 4.69) is 52.6 Å². The number of nitrogens with zero attached hydrogens (tertiary/aromatic N) is 5. The van der Waals surface area contributed by atoms with Gasteiger partial charge in [0.15, 0.2) is 5.16 Å². The third kappa shape index (κ3) is 6.29. The summed E-state index contributed by atoms with van der Waals surface area (Å²) in [6, 6.07) is 10.3. The maximum absolute atomic E-state index is 13.2. The second kappa shape index (κ2) is 11.4. The molecule has 0 N–H and O–H groups in total. The van der Waals surface area contributed by atoms with Gasteiger partial charge in [0.05, 0.1) is 18.4 Å². The number of ether oxygens (including phenoxy) is 1. The highest BCUT2D eigenvalue weighted by atomic mass is 32.2. The lowest BCUT2D eigenvalue weighted by Crippen LogP contribution is -2.37. The largest absolute Gasteiger partial charge is 0.376 e. The standard InChI is InChI=1S/C25H37N5O2S/c1-19(2)29(16-21-8-5-4-6-9-21)23(31)18-33-25-27-26-24(28-13-11-20(3)12-14-28)30(25)17-22-10-7-15-32-22/h4-6,8-9,19-20,22H,7,10-18H2,1-3H3. The summed E-state index contributed by atoms with van der Waals surface area (Å²) in [5.41, 5.74) is 1.15. The summed E-state index contributed by atoms with van der Waals surface area (Å²) in [4.78, 5) is 17.5. The first-order valence-corrected chi connectivity index (χ1v) is 13.3. The van der Waals surface area contributed by atoms with Gasteiger partial charge in [-0.15, -0.1) is 10.2 Å². The highest BCUT2D eigenvalue weighted by Crippen LogP contribution is 2.28. The number of thioether (sulfide) groups is 1. The lowest BCUT2D eigenvalue weighted by atomic mass is 10.00. The van der Waals surface area contributed by atoms with Gasteiger partial charge in [0.1, 0.15) is 0 Å². The molecule has 2 fully saturated rings. The summed E-state index contributed by atoms with van der Waals surface area (Å²) in [5, 5.41) is 9.91. The number of amides is 1. The van der Waals surface area contributed by atoms with Crippen LogP contribution in [0.2, 0.25) is 0 Å². The summed E-state index contributed by atoms with van der Waals surface area (Å²) in [6.07, 6.45) is 4.72. The van der Waals surface area contributed by atoms with E-state index in [-0.39, 0.29) is 18.1 Å². The Bertz CT molecular complexity index is 889. The molecule has 3 heterocycles. The number of piperidine rings is 1. The van der Waals surface area contributed by atoms with Crippen molar-refractivity contribution in [2.45, 2.75) is 76.8 Å². The van der Waals surface area contributed by atoms with E-state index < -0.39 is 0 Å². The van der Waals surface area contributed by atoms with E-state index in [0.29, 0.717) is 12.3 Å². The maximum atomic E-state index is 13.2. The molecule has 33 heavy (non-hydrogen) atoms. The van der Waals surface area contributed by atoms with Crippen molar-refractivity contribution in [1.29, 1.82) is 0 Å². The van der Waals surface area contributed by atoms with E-state index in [9.17, 15) is 4.79 Å². The second-order valence-corrected chi connectivity index (χ2v) is 10.5. The predicted molar refractivity (Wildman–Crippen MR) is 132 cm³/mol. The van der Waals surface area contributed by atoms with Crippen molar-refractivity contribution >= 4 is 23.6 Å². The minimum atomic E-state index is 0.124. The number of aromatic nitrogens is 3. The minimum absolute atomic E-state index is 0.124. The molecule has 2 aliphatic rings. The summed E-state index contributed by atoms with van der Waals surface area (Å²) >= 11 is 1.50. The van der Waals surface area contributed by atoms with E-state index in [1.54, 1.807) is 0 Å². The SMILES string of the molecule is CC1CCN(c2nnc(SCC(=O)N(Cc3ccccc3)C(C)C)n2CC2CCCO2)CC1. The highest BCUT2D eigenvalue weighted by molar-refractivity contribution is 7.99. The van der Waals surface area contributed by atoms with E-state index in [0.717, 1.165) is 61.7 Å². The van der Waals surface area contributed by atoms with Crippen LogP contribution in [-0.2, 0) is 22.6 Å². The molecule has 0 saturated carbocycles. The first-order chi connectivity index (χ1) is 16.0. The van der Waals surface area contributed by atoms with Crippen molar-refractivity contribution < 1.29 is 9.53 Å². The number of anilines is 1. The van der Waals surface area contributed by atoms with Crippen LogP contribution >= 0.6 is 11.8 Å². The van der Waals surface area contributed by atoms with Crippen LogP contribution in [0.1, 0.15) is 52.0 Å². The molecule has 0 radical (unpaired) electrons. The monoisotopic (exact) mass is 471 g/mol. The van der Waals surface area contributed by atoms with E-state index >= 15 is 0 Å². The molecule has 180 valence electrons. The van der Waals surface area contributed by atoms with Crippen LogP contribution in [0, 0.1) is 5.92 Å². The number of carbonyl (C=O) groups excluding carboxylic acids is 1. The van der Waals surface area contributed by atoms with Crippen LogP contribution in [0.4, 0.5) is 5.95 Å². The van der Waals surface area contributed by atoms with E-state index in [4.69, 9.17) is 4.74 Å². The number of hydrogen-bond donors (Lipinski definition) is 0. The lowest BCUT2D eigenvalue weighted by Gasteiger charge is -2.31. The van der Waals surface area contributed by atoms with Crippen molar-refractivity contribution in [2.24, 2.45) is 5.92 Å². The van der Waals surface area contributed by atoms with E-state index in [1.807, 2.05) is 23.1 Å². The molecule has 1 atom stereocenters. The van der Waals surface area contributed by atoms with Crippen molar-refractivity contribution in [3.63, 3.8) is 0 Å². The Kier molecular flexibility index (Phi) is 8.30. The first-order valence-electron chi connectivity index (χ1n) is 12.3. The van der Waals surface area contributed by atoms with Crippen LogP contribution in [0.15, 0.2) is 35.5 Å². The van der Waals surface area contributed by atoms with Crippen molar-refractivity contribution in [3.8, 4) is 0 Å². The van der Waals surface area contributed by atoms with Gasteiger partial charge >= 0.3 is 0 Å². The Labute approximate surface area is 201 Å². The number of hydrogen-bond acceptors (Lipinski definition) is 6. The van der Waals surface area contributed by atoms with Crippen molar-refractivity contribution in [1.82, 2.24) is 19.7 Å². The summed E-state index contributed by atoms with van der Waals surface area (Å²) in [6.45, 7) is 10.7. The maximum Gasteiger partial charge on any atom is 0.233 e. The van der Waals surface area contributed by atoms with Crippen molar-refractivity contribution in [2.75, 3.05) is 30.3 Å². The molecule has 4 rings (SSSR count). The average Bonchev–Trinajstić information content (AvgIpc) is 3.47. The fraction of sp³-hybridized carbons (Fsp3) is 0.640. The van der Waals surface area contributed by atoms with Gasteiger partial charge in [0, 0.05) is 32.3 Å². The molecule has 1 unspecified atom stereocenters. The molecule has 2 aromatic rings. The quantitative estimate of drug-likeness (QED) is 0.510. The summed E-state index contributed by atoms with van der Waals surface area (Å²) in [5.74, 6) is 2.16. The van der Waals surface area contributed by atoms with Gasteiger partial charge in [-0.3, -0.25) is 9.36 Å². The molecule has 7 nitrogen and oxygen atoms in total. The van der Waals surface area contributed by atoms with Crippen LogP contribution in [0.5, 0.6) is 0 Å². The molecular formula is C25H37N5O2S. The molecule has 2 aliphatic heterocycles. The molecule has 1 amide bonds. The lowest BCUT2D eigenvalue weighted by molar-refractivity contribution is -0.130. The Morgan fingerprint density at radius 1 is 1.18 bits per heavy atom. The summed E-state index contributed by atoms with van der Waals surface area (Å²) in [7, 11) is 0. The fourth-order valence-corrected chi connectivity index (χ4v) is 5.36. The molecular weight excluding hydrogens is 434 g/mol. The smallest absolute Gasteiger partial charge is 0.233 e. The third-order valence-corrected chi connectivity index (χ3v) is 7.59. The third-order valence-electron chi connectivity index (χ3n) is 6.64. The van der Waals surface area contributed by atoms with Gasteiger partial charge in [0.25, 0.3) is 0 Å². The minimum Gasteiger partial charge on any atom is -0.376 e. The average molecular weight is 472 g/mol. The van der Waals surface area contributed by atoms with Gasteiger partial charge in [-0.05, 0) is 51.0 Å². The highest BCUT2D eigenvalue weighted by Gasteiger charge is 2.27. The number of benzene rings is 1. The Balaban J connectivity index is 1.46. The number of carbonyl (C=O) groups is 1. The van der Waals surface area contributed by atoms with Gasteiger partial charge < -0.3 is 14.5 Å². The molecule has 0 spiro atoms. The Morgan fingerprint density at radius 2 is 1.94 bits per heavy atom. The Hall–Kier alpha value is -2.06. The zero-order valence-electron chi connectivity index (χ0n) is 20.2. The van der Waals surface area contributed by atoms with Gasteiger partial charge in [-0.25, -0.2) is 0 Å². The van der Waals surface area contributed by atoms with Gasteiger partial charge in [-0.1, -0.05) is 49.0 Å². The number of rotatable bonds is 9. The molecule has 2 saturated heterocycles. The van der Waals surface area contributed by atoms with Gasteiger partial charge in [-0.2, -0.15) is 0 Å². The second-order valence-electron chi connectivity index (χ2n) is 9.59. The first kappa shape index (κ1) is 24.1. The molecule has 1 aromatic carbocycles. The van der Waals surface area contributed by atoms with Crippen LogP contribution in [-0.4, -0.2) is 63.2 Å². The van der Waals surface area contributed by atoms with Gasteiger partial charge in [0.2, 0.25) is 11.9 Å². The van der Waals surface area contributed by atoms with Crippen LogP contribution < -0.4 is 4.90 Å². The molecule has 8 heteroatoms. The Morgan fingerprint density at radius 3 is 2.61 bits per heavy atom. The molecule has 0 aliphatic carbocycles.